The summed E-state index contributed by atoms with van der Waals surface area (Å²) in [5, 5.41) is 4.47. The fraction of sp³-hybridized carbons (Fsp3) is 0.438. The van der Waals surface area contributed by atoms with Crippen LogP contribution in [-0.4, -0.2) is 35.3 Å². The van der Waals surface area contributed by atoms with Crippen molar-refractivity contribution in [1.82, 2.24) is 14.7 Å². The number of aromatic nitrogens is 2. The maximum absolute atomic E-state index is 6.56. The molecule has 1 aliphatic rings. The molecule has 112 valence electrons. The van der Waals surface area contributed by atoms with Crippen LogP contribution in [0.3, 0.4) is 0 Å². The second-order valence-corrected chi connectivity index (χ2v) is 6.79. The summed E-state index contributed by atoms with van der Waals surface area (Å²) < 4.78 is 3.05. The molecule has 0 spiro atoms. The van der Waals surface area contributed by atoms with E-state index in [-0.39, 0.29) is 6.04 Å². The highest BCUT2D eigenvalue weighted by atomic mass is 79.9. The number of likely N-dealkylation sites (N-methyl/N-ethyl adjacent to an activating group) is 1. The Morgan fingerprint density at radius 3 is 2.90 bits per heavy atom. The summed E-state index contributed by atoms with van der Waals surface area (Å²) in [6.07, 6.45) is 2.91. The van der Waals surface area contributed by atoms with E-state index in [1.54, 1.807) is 0 Å². The summed E-state index contributed by atoms with van der Waals surface area (Å²) in [6, 6.07) is 8.56. The first-order valence-electron chi connectivity index (χ1n) is 7.27. The summed E-state index contributed by atoms with van der Waals surface area (Å²) in [7, 11) is 4.14. The average Bonchev–Trinajstić information content (AvgIpc) is 2.79. The van der Waals surface area contributed by atoms with E-state index in [4.69, 9.17) is 5.73 Å². The van der Waals surface area contributed by atoms with Crippen LogP contribution in [0.5, 0.6) is 0 Å². The van der Waals surface area contributed by atoms with E-state index in [1.807, 2.05) is 10.9 Å². The van der Waals surface area contributed by atoms with Gasteiger partial charge in [-0.3, -0.25) is 4.68 Å². The van der Waals surface area contributed by atoms with Crippen LogP contribution in [0.15, 0.2) is 34.9 Å². The molecule has 1 aromatic carbocycles. The Labute approximate surface area is 134 Å². The van der Waals surface area contributed by atoms with E-state index in [0.29, 0.717) is 5.92 Å². The average molecular weight is 349 g/mol. The van der Waals surface area contributed by atoms with Crippen molar-refractivity contribution < 1.29 is 0 Å². The van der Waals surface area contributed by atoms with Gasteiger partial charge in [0.25, 0.3) is 0 Å². The topological polar surface area (TPSA) is 47.1 Å². The summed E-state index contributed by atoms with van der Waals surface area (Å²) in [6.45, 7) is 1.81. The van der Waals surface area contributed by atoms with Crippen LogP contribution in [0.1, 0.15) is 28.8 Å². The van der Waals surface area contributed by atoms with E-state index in [9.17, 15) is 0 Å². The molecule has 0 fully saturated rings. The van der Waals surface area contributed by atoms with Gasteiger partial charge in [0.15, 0.2) is 0 Å². The first-order valence-corrected chi connectivity index (χ1v) is 8.06. The van der Waals surface area contributed by atoms with Crippen LogP contribution in [0.2, 0.25) is 0 Å². The lowest BCUT2D eigenvalue weighted by molar-refractivity contribution is 0.360. The molecular formula is C16H21BrN4. The molecule has 0 radical (unpaired) electrons. The number of nitrogens with zero attached hydrogens (tertiary/aromatic N) is 3. The Morgan fingerprint density at radius 1 is 1.43 bits per heavy atom. The minimum atomic E-state index is -0.0149. The standard InChI is InChI=1S/C16H21BrN4/c1-20(2)7-8-21-16(14(17)10-19-21)15(18)13-9-11-5-3-4-6-12(11)13/h3-6,10,13,15H,7-9,18H2,1-2H3. The fourth-order valence-electron chi connectivity index (χ4n) is 2.98. The van der Waals surface area contributed by atoms with Gasteiger partial charge >= 0.3 is 0 Å². The first-order chi connectivity index (χ1) is 10.1. The molecule has 0 bridgehead atoms. The van der Waals surface area contributed by atoms with Crippen LogP contribution in [0.25, 0.3) is 0 Å². The molecule has 2 N–H and O–H groups in total. The molecule has 1 aliphatic carbocycles. The quantitative estimate of drug-likeness (QED) is 0.903. The number of hydrogen-bond acceptors (Lipinski definition) is 3. The molecular weight excluding hydrogens is 328 g/mol. The molecule has 2 aromatic rings. The van der Waals surface area contributed by atoms with Gasteiger partial charge in [0.1, 0.15) is 0 Å². The van der Waals surface area contributed by atoms with E-state index in [1.165, 1.54) is 11.1 Å². The zero-order chi connectivity index (χ0) is 15.0. The van der Waals surface area contributed by atoms with Crippen LogP contribution < -0.4 is 5.73 Å². The van der Waals surface area contributed by atoms with Crippen molar-refractivity contribution >= 4 is 15.9 Å². The Kier molecular flexibility index (Phi) is 4.15. The van der Waals surface area contributed by atoms with Crippen molar-refractivity contribution in [1.29, 1.82) is 0 Å². The molecule has 2 atom stereocenters. The van der Waals surface area contributed by atoms with Gasteiger partial charge < -0.3 is 10.6 Å². The van der Waals surface area contributed by atoms with Gasteiger partial charge in [0.05, 0.1) is 29.0 Å². The summed E-state index contributed by atoms with van der Waals surface area (Å²) in [5.74, 6) is 0.396. The van der Waals surface area contributed by atoms with Gasteiger partial charge in [-0.15, -0.1) is 0 Å². The van der Waals surface area contributed by atoms with Crippen molar-refractivity contribution in [3.05, 3.63) is 51.8 Å². The minimum Gasteiger partial charge on any atom is -0.322 e. The number of hydrogen-bond donors (Lipinski definition) is 1. The maximum atomic E-state index is 6.56. The third-order valence-electron chi connectivity index (χ3n) is 4.24. The SMILES string of the molecule is CN(C)CCn1ncc(Br)c1C(N)C1Cc2ccccc21. The van der Waals surface area contributed by atoms with Gasteiger partial charge in [0, 0.05) is 12.5 Å². The van der Waals surface area contributed by atoms with Crippen molar-refractivity contribution in [2.45, 2.75) is 24.9 Å². The highest BCUT2D eigenvalue weighted by molar-refractivity contribution is 9.10. The number of fused-ring (bicyclic) bond motifs is 1. The molecule has 1 heterocycles. The normalized spacial score (nSPS) is 18.4. The largest absolute Gasteiger partial charge is 0.322 e. The van der Waals surface area contributed by atoms with Crippen molar-refractivity contribution in [3.8, 4) is 0 Å². The van der Waals surface area contributed by atoms with Gasteiger partial charge in [-0.05, 0) is 47.6 Å². The number of nitrogens with two attached hydrogens (primary N) is 1. The van der Waals surface area contributed by atoms with E-state index >= 15 is 0 Å². The molecule has 0 amide bonds. The Bertz CT molecular complexity index is 635. The lowest BCUT2D eigenvalue weighted by atomic mass is 9.73. The molecule has 0 saturated carbocycles. The molecule has 0 aliphatic heterocycles. The van der Waals surface area contributed by atoms with Crippen LogP contribution in [0.4, 0.5) is 0 Å². The van der Waals surface area contributed by atoms with E-state index in [0.717, 1.165) is 29.7 Å². The van der Waals surface area contributed by atoms with E-state index < -0.39 is 0 Å². The molecule has 4 nitrogen and oxygen atoms in total. The fourth-order valence-corrected chi connectivity index (χ4v) is 3.55. The van der Waals surface area contributed by atoms with Crippen LogP contribution in [-0.2, 0) is 13.0 Å². The number of benzene rings is 1. The molecule has 2 unspecified atom stereocenters. The van der Waals surface area contributed by atoms with Crippen LogP contribution in [0, 0.1) is 0 Å². The Morgan fingerprint density at radius 2 is 2.19 bits per heavy atom. The van der Waals surface area contributed by atoms with Gasteiger partial charge in [-0.1, -0.05) is 24.3 Å². The lowest BCUT2D eigenvalue weighted by Gasteiger charge is -2.35. The van der Waals surface area contributed by atoms with Crippen molar-refractivity contribution in [3.63, 3.8) is 0 Å². The molecule has 21 heavy (non-hydrogen) atoms. The maximum Gasteiger partial charge on any atom is 0.0700 e. The summed E-state index contributed by atoms with van der Waals surface area (Å²) in [4.78, 5) is 2.16. The summed E-state index contributed by atoms with van der Waals surface area (Å²) >= 11 is 3.61. The number of halogens is 1. The molecule has 3 rings (SSSR count). The lowest BCUT2D eigenvalue weighted by Crippen LogP contribution is -2.31. The second kappa shape index (κ2) is 5.91. The minimum absolute atomic E-state index is 0.0149. The third kappa shape index (κ3) is 2.78. The van der Waals surface area contributed by atoms with Gasteiger partial charge in [0.2, 0.25) is 0 Å². The third-order valence-corrected chi connectivity index (χ3v) is 4.85. The second-order valence-electron chi connectivity index (χ2n) is 5.94. The predicted molar refractivity (Wildman–Crippen MR) is 88.3 cm³/mol. The zero-order valence-electron chi connectivity index (χ0n) is 12.5. The van der Waals surface area contributed by atoms with Crippen LogP contribution >= 0.6 is 15.9 Å². The zero-order valence-corrected chi connectivity index (χ0v) is 14.0. The highest BCUT2D eigenvalue weighted by Gasteiger charge is 2.34. The summed E-state index contributed by atoms with van der Waals surface area (Å²) in [5.41, 5.74) is 10.5. The smallest absolute Gasteiger partial charge is 0.0700 e. The highest BCUT2D eigenvalue weighted by Crippen LogP contribution is 2.43. The monoisotopic (exact) mass is 348 g/mol. The molecule has 1 aromatic heterocycles. The van der Waals surface area contributed by atoms with Gasteiger partial charge in [-0.25, -0.2) is 0 Å². The van der Waals surface area contributed by atoms with Crippen molar-refractivity contribution in [2.75, 3.05) is 20.6 Å². The Balaban J connectivity index is 1.82. The molecule has 5 heteroatoms. The number of rotatable bonds is 5. The molecule has 0 saturated heterocycles. The first kappa shape index (κ1) is 14.8. The van der Waals surface area contributed by atoms with Gasteiger partial charge in [-0.2, -0.15) is 5.10 Å². The van der Waals surface area contributed by atoms with Crippen molar-refractivity contribution in [2.24, 2.45) is 5.73 Å². The van der Waals surface area contributed by atoms with E-state index in [2.05, 4.69) is 64.3 Å². The predicted octanol–water partition coefficient (Wildman–Crippen LogP) is 2.55. The Hall–Kier alpha value is -1.17.